The molecule has 1 aliphatic rings. The molecule has 2 N–H and O–H groups in total. The van der Waals surface area contributed by atoms with Crippen LogP contribution in [0.25, 0.3) is 0 Å². The van der Waals surface area contributed by atoms with E-state index in [1.165, 1.54) is 12.0 Å². The number of hydrogen-bond acceptors (Lipinski definition) is 4. The van der Waals surface area contributed by atoms with Crippen molar-refractivity contribution in [2.24, 2.45) is 5.92 Å². The first-order chi connectivity index (χ1) is 11.5. The number of hydrogen-bond donors (Lipinski definition) is 2. The van der Waals surface area contributed by atoms with Crippen molar-refractivity contribution in [1.29, 1.82) is 0 Å². The summed E-state index contributed by atoms with van der Waals surface area (Å²) in [6, 6.07) is 7.59. The normalized spacial score (nSPS) is 16.2. The SMILES string of the molecule is COCCN(CC(=O)O)C(=O)CCC1Cc2ccccc2NC1=O. The molecule has 7 heteroatoms. The highest BCUT2D eigenvalue weighted by Crippen LogP contribution is 2.27. The van der Waals surface area contributed by atoms with Gasteiger partial charge in [-0.1, -0.05) is 18.2 Å². The van der Waals surface area contributed by atoms with E-state index < -0.39 is 5.97 Å². The number of methoxy groups -OCH3 is 1. The highest BCUT2D eigenvalue weighted by Gasteiger charge is 2.27. The number of nitrogens with one attached hydrogen (secondary N) is 1. The number of benzene rings is 1. The van der Waals surface area contributed by atoms with Crippen molar-refractivity contribution < 1.29 is 24.2 Å². The molecule has 1 aromatic carbocycles. The van der Waals surface area contributed by atoms with Crippen molar-refractivity contribution in [3.05, 3.63) is 29.8 Å². The van der Waals surface area contributed by atoms with Crippen molar-refractivity contribution in [2.45, 2.75) is 19.3 Å². The van der Waals surface area contributed by atoms with Crippen LogP contribution in [0, 0.1) is 5.92 Å². The van der Waals surface area contributed by atoms with E-state index >= 15 is 0 Å². The summed E-state index contributed by atoms with van der Waals surface area (Å²) in [6.07, 6.45) is 1.12. The predicted octanol–water partition coefficient (Wildman–Crippen LogP) is 1.14. The largest absolute Gasteiger partial charge is 0.480 e. The molecule has 130 valence electrons. The Kier molecular flexibility index (Phi) is 6.31. The molecule has 0 aromatic heterocycles. The molecule has 0 spiro atoms. The van der Waals surface area contributed by atoms with Crippen LogP contribution in [0.4, 0.5) is 5.69 Å². The number of ether oxygens (including phenoxy) is 1. The zero-order chi connectivity index (χ0) is 17.5. The van der Waals surface area contributed by atoms with Gasteiger partial charge in [0.15, 0.2) is 0 Å². The van der Waals surface area contributed by atoms with E-state index in [1.54, 1.807) is 0 Å². The van der Waals surface area contributed by atoms with Gasteiger partial charge in [-0.2, -0.15) is 0 Å². The number of carboxylic acid groups (broad SMARTS) is 1. The molecule has 24 heavy (non-hydrogen) atoms. The summed E-state index contributed by atoms with van der Waals surface area (Å²) in [5, 5.41) is 11.8. The summed E-state index contributed by atoms with van der Waals surface area (Å²) in [7, 11) is 1.49. The van der Waals surface area contributed by atoms with Crippen LogP contribution in [0.2, 0.25) is 0 Å². The number of rotatable bonds is 8. The first kappa shape index (κ1) is 17.9. The number of amides is 2. The summed E-state index contributed by atoms with van der Waals surface area (Å²) in [5.41, 5.74) is 1.87. The molecule has 1 heterocycles. The van der Waals surface area contributed by atoms with Gasteiger partial charge in [-0.15, -0.1) is 0 Å². The van der Waals surface area contributed by atoms with Crippen LogP contribution in [-0.4, -0.2) is 54.6 Å². The van der Waals surface area contributed by atoms with Crippen LogP contribution >= 0.6 is 0 Å². The highest BCUT2D eigenvalue weighted by molar-refractivity contribution is 5.96. The first-order valence-corrected chi connectivity index (χ1v) is 7.88. The van der Waals surface area contributed by atoms with Gasteiger partial charge in [0.25, 0.3) is 0 Å². The van der Waals surface area contributed by atoms with E-state index in [0.29, 0.717) is 12.8 Å². The molecule has 2 rings (SSSR count). The van der Waals surface area contributed by atoms with Gasteiger partial charge in [-0.3, -0.25) is 14.4 Å². The lowest BCUT2D eigenvalue weighted by molar-refractivity contribution is -0.145. The van der Waals surface area contributed by atoms with Crippen molar-refractivity contribution in [3.63, 3.8) is 0 Å². The number of para-hydroxylation sites is 1. The van der Waals surface area contributed by atoms with Crippen molar-refractivity contribution in [3.8, 4) is 0 Å². The Bertz CT molecular complexity index is 617. The van der Waals surface area contributed by atoms with E-state index in [0.717, 1.165) is 11.3 Å². The lowest BCUT2D eigenvalue weighted by atomic mass is 9.89. The van der Waals surface area contributed by atoms with E-state index in [2.05, 4.69) is 5.32 Å². The number of carboxylic acids is 1. The maximum atomic E-state index is 12.3. The molecule has 0 fully saturated rings. The lowest BCUT2D eigenvalue weighted by Crippen LogP contribution is -2.38. The molecule has 0 aliphatic carbocycles. The van der Waals surface area contributed by atoms with Crippen LogP contribution in [0.5, 0.6) is 0 Å². The zero-order valence-electron chi connectivity index (χ0n) is 13.7. The van der Waals surface area contributed by atoms with Crippen LogP contribution in [-0.2, 0) is 25.5 Å². The maximum Gasteiger partial charge on any atom is 0.323 e. The van der Waals surface area contributed by atoms with Crippen LogP contribution in [0.1, 0.15) is 18.4 Å². The average molecular weight is 334 g/mol. The fourth-order valence-electron chi connectivity index (χ4n) is 2.76. The van der Waals surface area contributed by atoms with Crippen molar-refractivity contribution >= 4 is 23.5 Å². The molecular weight excluding hydrogens is 312 g/mol. The van der Waals surface area contributed by atoms with E-state index in [9.17, 15) is 14.4 Å². The maximum absolute atomic E-state index is 12.3. The van der Waals surface area contributed by atoms with Gasteiger partial charge in [0.1, 0.15) is 6.54 Å². The van der Waals surface area contributed by atoms with Gasteiger partial charge in [0, 0.05) is 31.7 Å². The Morgan fingerprint density at radius 2 is 2.12 bits per heavy atom. The molecule has 0 bridgehead atoms. The molecule has 7 nitrogen and oxygen atoms in total. The Hall–Kier alpha value is -2.41. The predicted molar refractivity (Wildman–Crippen MR) is 87.6 cm³/mol. The van der Waals surface area contributed by atoms with Crippen molar-refractivity contribution in [1.82, 2.24) is 4.90 Å². The summed E-state index contributed by atoms with van der Waals surface area (Å²) >= 11 is 0. The van der Waals surface area contributed by atoms with Crippen LogP contribution in [0.15, 0.2) is 24.3 Å². The number of aliphatic carboxylic acids is 1. The second-order valence-electron chi connectivity index (χ2n) is 5.79. The standard InChI is InChI=1S/C17H22N2O5/c1-24-9-8-19(11-16(21)22)15(20)7-6-13-10-12-4-2-3-5-14(12)18-17(13)23/h2-5,13H,6-11H2,1H3,(H,18,23)(H,21,22). The molecule has 2 amide bonds. The molecule has 1 aromatic rings. The smallest absolute Gasteiger partial charge is 0.323 e. The van der Waals surface area contributed by atoms with Crippen molar-refractivity contribution in [2.75, 3.05) is 32.1 Å². The van der Waals surface area contributed by atoms with Gasteiger partial charge in [-0.05, 0) is 24.5 Å². The lowest BCUT2D eigenvalue weighted by Gasteiger charge is -2.25. The van der Waals surface area contributed by atoms with Gasteiger partial charge >= 0.3 is 5.97 Å². The minimum absolute atomic E-state index is 0.0943. The Labute approximate surface area is 140 Å². The molecule has 1 unspecified atom stereocenters. The third kappa shape index (κ3) is 4.79. The third-order valence-corrected chi connectivity index (χ3v) is 4.06. The Morgan fingerprint density at radius 1 is 1.38 bits per heavy atom. The summed E-state index contributed by atoms with van der Waals surface area (Å²) in [4.78, 5) is 36.5. The average Bonchev–Trinajstić information content (AvgIpc) is 2.56. The molecular formula is C17H22N2O5. The molecule has 0 radical (unpaired) electrons. The van der Waals surface area contributed by atoms with Gasteiger partial charge in [0.2, 0.25) is 11.8 Å². The molecule has 0 saturated carbocycles. The Morgan fingerprint density at radius 3 is 2.83 bits per heavy atom. The number of anilines is 1. The molecule has 0 saturated heterocycles. The first-order valence-electron chi connectivity index (χ1n) is 7.88. The zero-order valence-corrected chi connectivity index (χ0v) is 13.7. The third-order valence-electron chi connectivity index (χ3n) is 4.06. The van der Waals surface area contributed by atoms with Crippen LogP contribution < -0.4 is 5.32 Å². The number of carbonyl (C=O) groups excluding carboxylic acids is 2. The Balaban J connectivity index is 1.92. The monoisotopic (exact) mass is 334 g/mol. The molecule has 1 aliphatic heterocycles. The number of nitrogens with zero attached hydrogens (tertiary/aromatic N) is 1. The van der Waals surface area contributed by atoms with Gasteiger partial charge in [0.05, 0.1) is 6.61 Å². The fraction of sp³-hybridized carbons (Fsp3) is 0.471. The minimum Gasteiger partial charge on any atom is -0.480 e. The fourth-order valence-corrected chi connectivity index (χ4v) is 2.76. The van der Waals surface area contributed by atoms with Crippen LogP contribution in [0.3, 0.4) is 0 Å². The summed E-state index contributed by atoms with van der Waals surface area (Å²) in [5.74, 6) is -1.72. The van der Waals surface area contributed by atoms with Gasteiger partial charge in [-0.25, -0.2) is 0 Å². The van der Waals surface area contributed by atoms with E-state index in [1.807, 2.05) is 24.3 Å². The quantitative estimate of drug-likeness (QED) is 0.743. The van der Waals surface area contributed by atoms with E-state index in [-0.39, 0.29) is 43.8 Å². The number of fused-ring (bicyclic) bond motifs is 1. The summed E-state index contributed by atoms with van der Waals surface area (Å²) < 4.78 is 4.90. The number of carbonyl (C=O) groups is 3. The second-order valence-corrected chi connectivity index (χ2v) is 5.79. The van der Waals surface area contributed by atoms with E-state index in [4.69, 9.17) is 9.84 Å². The van der Waals surface area contributed by atoms with Gasteiger partial charge < -0.3 is 20.1 Å². The minimum atomic E-state index is -1.07. The topological polar surface area (TPSA) is 95.9 Å². The molecule has 1 atom stereocenters. The second kappa shape index (κ2) is 8.44. The summed E-state index contributed by atoms with van der Waals surface area (Å²) in [6.45, 7) is 0.138. The highest BCUT2D eigenvalue weighted by atomic mass is 16.5.